The highest BCUT2D eigenvalue weighted by molar-refractivity contribution is 5.86. The van der Waals surface area contributed by atoms with Crippen molar-refractivity contribution in [3.63, 3.8) is 0 Å². The predicted molar refractivity (Wildman–Crippen MR) is 171 cm³/mol. The number of anilines is 3. The van der Waals surface area contributed by atoms with E-state index in [1.807, 2.05) is 36.4 Å². The molecule has 0 heterocycles. The summed E-state index contributed by atoms with van der Waals surface area (Å²) in [7, 11) is 0. The molecule has 7 nitrogen and oxygen atoms in total. The number of rotatable bonds is 11. The summed E-state index contributed by atoms with van der Waals surface area (Å²) in [6, 6.07) is 30.1. The molecular formula is C37H35NO6. The Labute approximate surface area is 257 Å². The van der Waals surface area contributed by atoms with Gasteiger partial charge in [-0.1, -0.05) is 69.5 Å². The average Bonchev–Trinajstić information content (AvgIpc) is 3.23. The highest BCUT2D eigenvalue weighted by Crippen LogP contribution is 2.50. The Balaban J connectivity index is 1.57. The van der Waals surface area contributed by atoms with Gasteiger partial charge in [0.1, 0.15) is 11.5 Å². The van der Waals surface area contributed by atoms with Crippen molar-refractivity contribution in [2.24, 2.45) is 0 Å². The van der Waals surface area contributed by atoms with Crippen molar-refractivity contribution in [3.05, 3.63) is 127 Å². The van der Waals surface area contributed by atoms with Gasteiger partial charge in [0.2, 0.25) is 12.6 Å². The van der Waals surface area contributed by atoms with E-state index in [2.05, 4.69) is 74.4 Å². The molecule has 0 saturated heterocycles. The van der Waals surface area contributed by atoms with Gasteiger partial charge in [0.25, 0.3) is 0 Å². The maximum absolute atomic E-state index is 11.7. The number of ether oxygens (including phenoxy) is 4. The predicted octanol–water partition coefficient (Wildman–Crippen LogP) is 8.37. The van der Waals surface area contributed by atoms with Gasteiger partial charge in [0, 0.05) is 60.6 Å². The molecule has 1 aliphatic rings. The first-order chi connectivity index (χ1) is 21.1. The molecule has 0 aliphatic heterocycles. The topological polar surface area (TPSA) is 74.3 Å². The summed E-state index contributed by atoms with van der Waals surface area (Å²) in [5.41, 5.74) is 7.30. The van der Waals surface area contributed by atoms with Crippen LogP contribution in [0.25, 0.3) is 11.1 Å². The van der Waals surface area contributed by atoms with Crippen molar-refractivity contribution >= 4 is 29.0 Å². The molecule has 2 unspecified atom stereocenters. The van der Waals surface area contributed by atoms with Crippen LogP contribution in [-0.2, 0) is 24.5 Å². The third-order valence-corrected chi connectivity index (χ3v) is 7.48. The lowest BCUT2D eigenvalue weighted by molar-refractivity contribution is -0.156. The van der Waals surface area contributed by atoms with Gasteiger partial charge < -0.3 is 23.8 Å². The number of nitrogens with zero attached hydrogens (tertiary/aromatic N) is 1. The summed E-state index contributed by atoms with van der Waals surface area (Å²) in [6.07, 6.45) is 0.555. The minimum atomic E-state index is -0.819. The molecule has 4 aromatic rings. The van der Waals surface area contributed by atoms with Crippen LogP contribution < -0.4 is 14.4 Å². The van der Waals surface area contributed by atoms with Crippen molar-refractivity contribution < 1.29 is 28.5 Å². The number of hydrogen-bond donors (Lipinski definition) is 0. The minimum Gasteiger partial charge on any atom is -0.455 e. The monoisotopic (exact) mass is 589 g/mol. The largest absolute Gasteiger partial charge is 0.455 e. The summed E-state index contributed by atoms with van der Waals surface area (Å²) in [6.45, 7) is 14.7. The Morgan fingerprint density at radius 1 is 0.659 bits per heavy atom. The van der Waals surface area contributed by atoms with E-state index >= 15 is 0 Å². The van der Waals surface area contributed by atoms with Crippen molar-refractivity contribution in [2.75, 3.05) is 4.90 Å². The van der Waals surface area contributed by atoms with E-state index in [1.165, 1.54) is 22.3 Å². The molecule has 1 aliphatic carbocycles. The minimum absolute atomic E-state index is 0.196. The van der Waals surface area contributed by atoms with Crippen LogP contribution in [0.15, 0.2) is 116 Å². The lowest BCUT2D eigenvalue weighted by Gasteiger charge is -2.29. The highest BCUT2D eigenvalue weighted by Gasteiger charge is 2.35. The number of esters is 2. The average molecular weight is 590 g/mol. The van der Waals surface area contributed by atoms with Gasteiger partial charge >= 0.3 is 11.9 Å². The van der Waals surface area contributed by atoms with E-state index in [0.717, 1.165) is 29.2 Å². The second-order valence-electron chi connectivity index (χ2n) is 10.9. The zero-order valence-corrected chi connectivity index (χ0v) is 25.3. The first kappa shape index (κ1) is 30.2. The molecule has 7 heteroatoms. The smallest absolute Gasteiger partial charge is 0.333 e. The summed E-state index contributed by atoms with van der Waals surface area (Å²) in [5, 5.41) is 0. The molecule has 0 amide bonds. The molecule has 2 atom stereocenters. The summed E-state index contributed by atoms with van der Waals surface area (Å²) < 4.78 is 22.3. The lowest BCUT2D eigenvalue weighted by atomic mass is 9.82. The van der Waals surface area contributed by atoms with Crippen molar-refractivity contribution in [2.45, 2.75) is 45.7 Å². The van der Waals surface area contributed by atoms with Gasteiger partial charge in [-0.25, -0.2) is 9.59 Å². The Hall–Kier alpha value is -5.30. The standard InChI is InChI=1S/C37H35NO6/c1-7-35(39)43-24(3)41-29-15-11-13-26(21-29)38(27-14-12-16-30(22-27)42-25(4)44-36(40)8-2)28-19-20-32-31-17-9-10-18-33(31)37(5,6)34(32)23-28/h7-25H,1-2H2,3-6H3. The van der Waals surface area contributed by atoms with E-state index in [0.29, 0.717) is 11.5 Å². The molecule has 0 radical (unpaired) electrons. The Bertz CT molecular complexity index is 1650. The van der Waals surface area contributed by atoms with E-state index in [1.54, 1.807) is 26.0 Å². The first-order valence-electron chi connectivity index (χ1n) is 14.3. The van der Waals surface area contributed by atoms with Gasteiger partial charge in [-0.2, -0.15) is 0 Å². The SMILES string of the molecule is C=CC(=O)OC(C)Oc1cccc(N(c2cccc(OC(C)OC(=O)C=C)c2)c2ccc3c(c2)C(C)(C)c2ccccc2-3)c1. The molecule has 0 fully saturated rings. The Kier molecular flexibility index (Phi) is 8.58. The number of carbonyl (C=O) groups is 2. The molecular weight excluding hydrogens is 554 g/mol. The van der Waals surface area contributed by atoms with E-state index in [4.69, 9.17) is 18.9 Å². The number of fused-ring (bicyclic) bond motifs is 3. The molecule has 4 aromatic carbocycles. The van der Waals surface area contributed by atoms with Crippen LogP contribution in [-0.4, -0.2) is 24.5 Å². The fraction of sp³-hybridized carbons (Fsp3) is 0.189. The summed E-state index contributed by atoms with van der Waals surface area (Å²) in [4.78, 5) is 25.5. The van der Waals surface area contributed by atoms with Crippen molar-refractivity contribution in [3.8, 4) is 22.6 Å². The van der Waals surface area contributed by atoms with Crippen LogP contribution >= 0.6 is 0 Å². The van der Waals surface area contributed by atoms with Gasteiger partial charge in [-0.3, -0.25) is 0 Å². The highest BCUT2D eigenvalue weighted by atomic mass is 16.7. The molecule has 224 valence electrons. The van der Waals surface area contributed by atoms with Gasteiger partial charge in [-0.05, 0) is 58.7 Å². The van der Waals surface area contributed by atoms with Crippen LogP contribution in [0.4, 0.5) is 17.1 Å². The number of carbonyl (C=O) groups excluding carboxylic acids is 2. The maximum atomic E-state index is 11.7. The molecule has 0 saturated carbocycles. The number of hydrogen-bond acceptors (Lipinski definition) is 7. The van der Waals surface area contributed by atoms with E-state index in [-0.39, 0.29) is 5.41 Å². The van der Waals surface area contributed by atoms with E-state index in [9.17, 15) is 9.59 Å². The van der Waals surface area contributed by atoms with Gasteiger partial charge in [0.05, 0.1) is 0 Å². The van der Waals surface area contributed by atoms with Crippen LogP contribution in [0.1, 0.15) is 38.8 Å². The first-order valence-corrected chi connectivity index (χ1v) is 14.3. The summed E-state index contributed by atoms with van der Waals surface area (Å²) >= 11 is 0. The lowest BCUT2D eigenvalue weighted by Crippen LogP contribution is -2.20. The fourth-order valence-corrected chi connectivity index (χ4v) is 5.53. The zero-order valence-electron chi connectivity index (χ0n) is 25.3. The quantitative estimate of drug-likeness (QED) is 0.0988. The number of benzene rings is 4. The fourth-order valence-electron chi connectivity index (χ4n) is 5.53. The van der Waals surface area contributed by atoms with Crippen molar-refractivity contribution in [1.29, 1.82) is 0 Å². The normalized spacial score (nSPS) is 13.8. The van der Waals surface area contributed by atoms with Crippen LogP contribution in [0, 0.1) is 0 Å². The second-order valence-corrected chi connectivity index (χ2v) is 10.9. The third-order valence-electron chi connectivity index (χ3n) is 7.48. The molecule has 5 rings (SSSR count). The Morgan fingerprint density at radius 2 is 1.16 bits per heavy atom. The molecule has 0 spiro atoms. The molecule has 0 aromatic heterocycles. The van der Waals surface area contributed by atoms with Gasteiger partial charge in [-0.15, -0.1) is 0 Å². The van der Waals surface area contributed by atoms with Crippen molar-refractivity contribution in [1.82, 2.24) is 0 Å². The summed E-state index contributed by atoms with van der Waals surface area (Å²) in [5.74, 6) is -0.102. The van der Waals surface area contributed by atoms with E-state index < -0.39 is 24.5 Å². The second kappa shape index (κ2) is 12.5. The molecule has 0 bridgehead atoms. The van der Waals surface area contributed by atoms with Gasteiger partial charge in [0.15, 0.2) is 0 Å². The maximum Gasteiger partial charge on any atom is 0.333 e. The molecule has 44 heavy (non-hydrogen) atoms. The van der Waals surface area contributed by atoms with Crippen LogP contribution in [0.5, 0.6) is 11.5 Å². The Morgan fingerprint density at radius 3 is 1.70 bits per heavy atom. The zero-order chi connectivity index (χ0) is 31.4. The van der Waals surface area contributed by atoms with Crippen LogP contribution in [0.2, 0.25) is 0 Å². The third kappa shape index (κ3) is 6.22. The molecule has 0 N–H and O–H groups in total. The van der Waals surface area contributed by atoms with Crippen LogP contribution in [0.3, 0.4) is 0 Å².